The lowest BCUT2D eigenvalue weighted by molar-refractivity contribution is -0.117. The van der Waals surface area contributed by atoms with Gasteiger partial charge in [0.05, 0.1) is 16.8 Å². The third-order valence-corrected chi connectivity index (χ3v) is 3.53. The molecule has 1 saturated heterocycles. The molecule has 0 bridgehead atoms. The first-order valence-electron chi connectivity index (χ1n) is 6.31. The molecule has 0 radical (unpaired) electrons. The van der Waals surface area contributed by atoms with Gasteiger partial charge in [-0.1, -0.05) is 0 Å². The molecule has 0 aliphatic carbocycles. The van der Waals surface area contributed by atoms with E-state index in [1.54, 1.807) is 21.7 Å². The van der Waals surface area contributed by atoms with Crippen molar-refractivity contribution in [3.8, 4) is 5.69 Å². The van der Waals surface area contributed by atoms with Crippen LogP contribution in [-0.2, 0) is 4.79 Å². The molecule has 1 aliphatic heterocycles. The fourth-order valence-corrected chi connectivity index (χ4v) is 2.61. The first-order chi connectivity index (χ1) is 9.54. The molecular formula is C14H13ClFN3O. The van der Waals surface area contributed by atoms with Crippen LogP contribution in [0.4, 0.5) is 10.2 Å². The minimum Gasteiger partial charge on any atom is -0.295 e. The monoisotopic (exact) mass is 293 g/mol. The van der Waals surface area contributed by atoms with Gasteiger partial charge in [0.15, 0.2) is 0 Å². The summed E-state index contributed by atoms with van der Waals surface area (Å²) in [4.78, 5) is 13.6. The van der Waals surface area contributed by atoms with Crippen LogP contribution in [-0.4, -0.2) is 27.6 Å². The van der Waals surface area contributed by atoms with Crippen LogP contribution in [0.3, 0.4) is 0 Å². The number of aromatic nitrogens is 2. The normalized spacial score (nSPS) is 18.9. The first-order valence-corrected chi connectivity index (χ1v) is 6.75. The molecule has 0 spiro atoms. The molecule has 1 fully saturated rings. The van der Waals surface area contributed by atoms with Gasteiger partial charge in [-0.15, -0.1) is 11.6 Å². The van der Waals surface area contributed by atoms with E-state index in [0.29, 0.717) is 24.5 Å². The van der Waals surface area contributed by atoms with E-state index >= 15 is 0 Å². The summed E-state index contributed by atoms with van der Waals surface area (Å²) in [6.45, 7) is 2.31. The highest BCUT2D eigenvalue weighted by Gasteiger charge is 2.31. The van der Waals surface area contributed by atoms with Crippen LogP contribution in [0.2, 0.25) is 0 Å². The maximum Gasteiger partial charge on any atom is 0.229 e. The fourth-order valence-electron chi connectivity index (χ4n) is 2.34. The summed E-state index contributed by atoms with van der Waals surface area (Å²) in [7, 11) is 0. The van der Waals surface area contributed by atoms with E-state index in [0.717, 1.165) is 5.69 Å². The van der Waals surface area contributed by atoms with Gasteiger partial charge in [-0.3, -0.25) is 9.69 Å². The highest BCUT2D eigenvalue weighted by molar-refractivity contribution is 6.24. The summed E-state index contributed by atoms with van der Waals surface area (Å²) in [5, 5.41) is 4.19. The number of anilines is 1. The van der Waals surface area contributed by atoms with Crippen LogP contribution in [0.1, 0.15) is 12.1 Å². The smallest absolute Gasteiger partial charge is 0.229 e. The Hall–Kier alpha value is -1.88. The standard InChI is InChI=1S/C14H13ClFN3O/c1-9-6-13(18-8-10(15)7-14(18)20)19(17-9)12-4-2-11(16)3-5-12/h2-6,10H,7-8H2,1H3. The van der Waals surface area contributed by atoms with E-state index < -0.39 is 0 Å². The Morgan fingerprint density at radius 1 is 1.35 bits per heavy atom. The van der Waals surface area contributed by atoms with Crippen LogP contribution in [0, 0.1) is 12.7 Å². The van der Waals surface area contributed by atoms with Gasteiger partial charge in [0.1, 0.15) is 11.6 Å². The van der Waals surface area contributed by atoms with Crippen molar-refractivity contribution < 1.29 is 9.18 Å². The second-order valence-corrected chi connectivity index (χ2v) is 5.46. The Bertz CT molecular complexity index is 653. The molecule has 1 aliphatic rings. The molecule has 20 heavy (non-hydrogen) atoms. The maximum atomic E-state index is 13.0. The Labute approximate surface area is 120 Å². The number of amides is 1. The third-order valence-electron chi connectivity index (χ3n) is 3.24. The molecule has 1 amide bonds. The Kier molecular flexibility index (Phi) is 3.22. The number of hydrogen-bond acceptors (Lipinski definition) is 2. The van der Waals surface area contributed by atoms with E-state index in [1.807, 2.05) is 13.0 Å². The molecule has 1 aromatic heterocycles. The third kappa shape index (κ3) is 2.29. The van der Waals surface area contributed by atoms with Crippen LogP contribution in [0.25, 0.3) is 5.69 Å². The summed E-state index contributed by atoms with van der Waals surface area (Å²) in [5.41, 5.74) is 1.50. The van der Waals surface area contributed by atoms with E-state index in [2.05, 4.69) is 5.10 Å². The van der Waals surface area contributed by atoms with Crippen molar-refractivity contribution in [1.82, 2.24) is 9.78 Å². The first kappa shape index (κ1) is 13.1. The number of carbonyl (C=O) groups is 1. The summed E-state index contributed by atoms with van der Waals surface area (Å²) >= 11 is 6.04. The zero-order valence-corrected chi connectivity index (χ0v) is 11.6. The molecule has 104 valence electrons. The lowest BCUT2D eigenvalue weighted by atomic mass is 10.3. The zero-order chi connectivity index (χ0) is 14.3. The molecular weight excluding hydrogens is 281 g/mol. The van der Waals surface area contributed by atoms with Gasteiger partial charge in [-0.2, -0.15) is 5.10 Å². The quantitative estimate of drug-likeness (QED) is 0.799. The van der Waals surface area contributed by atoms with Crippen molar-refractivity contribution in [2.75, 3.05) is 11.4 Å². The molecule has 6 heteroatoms. The second-order valence-electron chi connectivity index (χ2n) is 4.84. The van der Waals surface area contributed by atoms with Crippen LogP contribution in [0.15, 0.2) is 30.3 Å². The molecule has 3 rings (SSSR count). The number of benzene rings is 1. The van der Waals surface area contributed by atoms with Crippen molar-refractivity contribution >= 4 is 23.3 Å². The maximum absolute atomic E-state index is 13.0. The predicted octanol–water partition coefficient (Wildman–Crippen LogP) is 2.66. The molecule has 1 atom stereocenters. The van der Waals surface area contributed by atoms with Crippen molar-refractivity contribution in [1.29, 1.82) is 0 Å². The number of nitrogens with zero attached hydrogens (tertiary/aromatic N) is 3. The minimum absolute atomic E-state index is 0.0201. The summed E-state index contributed by atoms with van der Waals surface area (Å²) in [6, 6.07) is 7.82. The van der Waals surface area contributed by atoms with Crippen molar-refractivity contribution in [3.63, 3.8) is 0 Å². The largest absolute Gasteiger partial charge is 0.295 e. The number of rotatable bonds is 2. The molecule has 2 heterocycles. The lowest BCUT2D eigenvalue weighted by Crippen LogP contribution is -2.27. The van der Waals surface area contributed by atoms with Crippen LogP contribution in [0.5, 0.6) is 0 Å². The van der Waals surface area contributed by atoms with Crippen LogP contribution < -0.4 is 4.90 Å². The second kappa shape index (κ2) is 4.90. The molecule has 0 N–H and O–H groups in total. The van der Waals surface area contributed by atoms with Crippen LogP contribution >= 0.6 is 11.6 Å². The number of alkyl halides is 1. The summed E-state index contributed by atoms with van der Waals surface area (Å²) < 4.78 is 14.7. The minimum atomic E-state index is -0.308. The predicted molar refractivity (Wildman–Crippen MR) is 74.9 cm³/mol. The average molecular weight is 294 g/mol. The molecule has 0 saturated carbocycles. The zero-order valence-electron chi connectivity index (χ0n) is 10.9. The van der Waals surface area contributed by atoms with Gasteiger partial charge < -0.3 is 0 Å². The Morgan fingerprint density at radius 3 is 2.65 bits per heavy atom. The van der Waals surface area contributed by atoms with Crippen molar-refractivity contribution in [2.45, 2.75) is 18.7 Å². The molecule has 1 unspecified atom stereocenters. The summed E-state index contributed by atoms with van der Waals surface area (Å²) in [6.07, 6.45) is 0.329. The number of aryl methyl sites for hydroxylation is 1. The number of hydrogen-bond donors (Lipinski definition) is 0. The van der Waals surface area contributed by atoms with Gasteiger partial charge in [0, 0.05) is 19.0 Å². The number of halogens is 2. The van der Waals surface area contributed by atoms with Crippen molar-refractivity contribution in [2.24, 2.45) is 0 Å². The molecule has 2 aromatic rings. The highest BCUT2D eigenvalue weighted by Crippen LogP contribution is 2.27. The SMILES string of the molecule is Cc1cc(N2CC(Cl)CC2=O)n(-c2ccc(F)cc2)n1. The fraction of sp³-hybridized carbons (Fsp3) is 0.286. The van der Waals surface area contributed by atoms with Gasteiger partial charge in [0.2, 0.25) is 5.91 Å². The van der Waals surface area contributed by atoms with Gasteiger partial charge in [-0.05, 0) is 31.2 Å². The van der Waals surface area contributed by atoms with Gasteiger partial charge in [-0.25, -0.2) is 9.07 Å². The molecule has 4 nitrogen and oxygen atoms in total. The van der Waals surface area contributed by atoms with Crippen molar-refractivity contribution in [3.05, 3.63) is 41.8 Å². The lowest BCUT2D eigenvalue weighted by Gasteiger charge is -2.17. The average Bonchev–Trinajstić information content (AvgIpc) is 2.93. The molecule has 1 aromatic carbocycles. The van der Waals surface area contributed by atoms with E-state index in [4.69, 9.17) is 11.6 Å². The van der Waals surface area contributed by atoms with Gasteiger partial charge in [0.25, 0.3) is 0 Å². The topological polar surface area (TPSA) is 38.1 Å². The van der Waals surface area contributed by atoms with E-state index in [1.165, 1.54) is 12.1 Å². The Balaban J connectivity index is 2.04. The van der Waals surface area contributed by atoms with E-state index in [-0.39, 0.29) is 17.1 Å². The summed E-state index contributed by atoms with van der Waals surface area (Å²) in [5.74, 6) is 0.341. The van der Waals surface area contributed by atoms with E-state index in [9.17, 15) is 9.18 Å². The Morgan fingerprint density at radius 2 is 2.05 bits per heavy atom. The number of carbonyl (C=O) groups excluding carboxylic acids is 1. The highest BCUT2D eigenvalue weighted by atomic mass is 35.5. The van der Waals surface area contributed by atoms with Gasteiger partial charge >= 0.3 is 0 Å².